The van der Waals surface area contributed by atoms with Crippen LogP contribution >= 0.6 is 0 Å². The predicted octanol–water partition coefficient (Wildman–Crippen LogP) is 1.75. The average molecular weight is 354 g/mol. The van der Waals surface area contributed by atoms with Crippen LogP contribution in [0.15, 0.2) is 12.2 Å². The molecule has 0 aromatic heterocycles. The Balaban J connectivity index is 1.92. The fourth-order valence-corrected chi connectivity index (χ4v) is 4.93. The molecular weight excluding hydrogens is 336 g/mol. The van der Waals surface area contributed by atoms with Crippen molar-refractivity contribution in [2.45, 2.75) is 43.9 Å². The molecule has 4 rings (SSSR count). The van der Waals surface area contributed by atoms with Crippen LogP contribution in [0.2, 0.25) is 0 Å². The average Bonchev–Trinajstić information content (AvgIpc) is 3.17. The molecule has 2 bridgehead atoms. The molecule has 8 heteroatoms. The maximum Gasteiger partial charge on any atom is 0.218 e. The van der Waals surface area contributed by atoms with E-state index in [0.717, 1.165) is 0 Å². The van der Waals surface area contributed by atoms with Crippen molar-refractivity contribution >= 4 is 5.90 Å². The maximum atomic E-state index is 10.2. The van der Waals surface area contributed by atoms with Crippen molar-refractivity contribution in [1.82, 2.24) is 0 Å². The molecule has 26 heavy (non-hydrogen) atoms. The van der Waals surface area contributed by atoms with Crippen LogP contribution in [-0.4, -0.2) is 36.8 Å². The zero-order valence-electron chi connectivity index (χ0n) is 14.3. The molecule has 0 radical (unpaired) electrons. The number of nitrogens with one attached hydrogen (secondary N) is 1. The summed E-state index contributed by atoms with van der Waals surface area (Å²) in [5.74, 6) is -3.19. The Morgan fingerprint density at radius 1 is 1.12 bits per heavy atom. The molecule has 4 atom stereocenters. The summed E-state index contributed by atoms with van der Waals surface area (Å²) in [6.07, 6.45) is 3.37. The van der Waals surface area contributed by atoms with Crippen LogP contribution in [0.5, 0.6) is 0 Å². The van der Waals surface area contributed by atoms with Gasteiger partial charge in [-0.15, -0.1) is 0 Å². The Bertz CT molecular complexity index is 799. The molecule has 1 saturated carbocycles. The number of allylic oxidation sites excluding steroid dienone is 1. The number of nitrogens with zero attached hydrogens (tertiary/aromatic N) is 3. The van der Waals surface area contributed by atoms with Crippen molar-refractivity contribution in [3.63, 3.8) is 0 Å². The molecule has 1 aliphatic carbocycles. The van der Waals surface area contributed by atoms with Gasteiger partial charge >= 0.3 is 0 Å². The van der Waals surface area contributed by atoms with Gasteiger partial charge in [0, 0.05) is 19.3 Å². The van der Waals surface area contributed by atoms with E-state index < -0.39 is 34.4 Å². The molecule has 0 aromatic rings. The van der Waals surface area contributed by atoms with Gasteiger partial charge in [-0.3, -0.25) is 5.41 Å². The summed E-state index contributed by atoms with van der Waals surface area (Å²) in [4.78, 5) is 0. The van der Waals surface area contributed by atoms with Crippen molar-refractivity contribution in [3.05, 3.63) is 12.2 Å². The summed E-state index contributed by atoms with van der Waals surface area (Å²) in [5.41, 5.74) is -3.64. The van der Waals surface area contributed by atoms with Gasteiger partial charge in [0.05, 0.1) is 37.3 Å². The topological polar surface area (TPSA) is 132 Å². The van der Waals surface area contributed by atoms with Crippen LogP contribution in [0, 0.1) is 56.2 Å². The summed E-state index contributed by atoms with van der Waals surface area (Å²) in [6.45, 7) is 2.64. The first-order valence-corrected chi connectivity index (χ1v) is 8.58. The van der Waals surface area contributed by atoms with Gasteiger partial charge in [0.1, 0.15) is 6.10 Å². The highest BCUT2D eigenvalue weighted by atomic mass is 16.7. The molecule has 0 aromatic carbocycles. The second kappa shape index (κ2) is 5.28. The van der Waals surface area contributed by atoms with Gasteiger partial charge in [-0.25, -0.2) is 0 Å². The van der Waals surface area contributed by atoms with Crippen molar-refractivity contribution in [1.29, 1.82) is 21.2 Å². The van der Waals surface area contributed by atoms with Gasteiger partial charge in [0.15, 0.2) is 11.2 Å². The zero-order valence-corrected chi connectivity index (χ0v) is 14.3. The molecule has 8 nitrogen and oxygen atoms in total. The van der Waals surface area contributed by atoms with Crippen LogP contribution < -0.4 is 0 Å². The first kappa shape index (κ1) is 17.0. The van der Waals surface area contributed by atoms with E-state index in [1.54, 1.807) is 19.1 Å². The minimum Gasteiger partial charge on any atom is -0.447 e. The third kappa shape index (κ3) is 1.68. The minimum atomic E-state index is -1.90. The standard InChI is InChI=1S/C18H18N4O4/c1-2-3-13-15(9-19,10-20)17(11-21)12-8-16(23-6-7-24-16)4-5-18(12,25-13)26-14(17)22/h2-3,12-13,22H,4-8H2,1H3. The number of rotatable bonds is 1. The molecule has 1 N–H and O–H groups in total. The summed E-state index contributed by atoms with van der Waals surface area (Å²) in [7, 11) is 0. The van der Waals surface area contributed by atoms with Crippen LogP contribution in [0.4, 0.5) is 0 Å². The van der Waals surface area contributed by atoms with Crippen LogP contribution in [0.3, 0.4) is 0 Å². The molecule has 4 unspecified atom stereocenters. The molecule has 3 saturated heterocycles. The molecule has 1 spiro atoms. The highest BCUT2D eigenvalue weighted by molar-refractivity contribution is 5.89. The lowest BCUT2D eigenvalue weighted by atomic mass is 9.51. The van der Waals surface area contributed by atoms with Gasteiger partial charge in [-0.1, -0.05) is 12.2 Å². The van der Waals surface area contributed by atoms with E-state index in [2.05, 4.69) is 6.07 Å². The Hall–Kier alpha value is -2.44. The lowest BCUT2D eigenvalue weighted by Crippen LogP contribution is -2.65. The highest BCUT2D eigenvalue weighted by Crippen LogP contribution is 2.68. The van der Waals surface area contributed by atoms with E-state index in [-0.39, 0.29) is 12.3 Å². The molecule has 0 amide bonds. The Kier molecular flexibility index (Phi) is 3.45. The Morgan fingerprint density at radius 3 is 2.38 bits per heavy atom. The summed E-state index contributed by atoms with van der Waals surface area (Å²) in [6, 6.07) is 6.12. The smallest absolute Gasteiger partial charge is 0.218 e. The van der Waals surface area contributed by atoms with Gasteiger partial charge in [-0.2, -0.15) is 15.8 Å². The molecule has 3 aliphatic heterocycles. The van der Waals surface area contributed by atoms with Crippen LogP contribution in [-0.2, 0) is 18.9 Å². The van der Waals surface area contributed by atoms with Crippen molar-refractivity contribution in [3.8, 4) is 18.2 Å². The largest absolute Gasteiger partial charge is 0.447 e. The van der Waals surface area contributed by atoms with Gasteiger partial charge in [0.25, 0.3) is 0 Å². The first-order valence-electron chi connectivity index (χ1n) is 8.58. The fourth-order valence-electron chi connectivity index (χ4n) is 4.93. The molecule has 4 aliphatic rings. The lowest BCUT2D eigenvalue weighted by Gasteiger charge is -2.53. The normalized spacial score (nSPS) is 41.8. The van der Waals surface area contributed by atoms with E-state index in [0.29, 0.717) is 26.1 Å². The van der Waals surface area contributed by atoms with E-state index in [4.69, 9.17) is 24.4 Å². The van der Waals surface area contributed by atoms with Crippen molar-refractivity contribution in [2.24, 2.45) is 16.7 Å². The first-order chi connectivity index (χ1) is 12.5. The summed E-state index contributed by atoms with van der Waals surface area (Å²) in [5, 5.41) is 38.5. The third-order valence-electron chi connectivity index (χ3n) is 6.14. The zero-order chi connectivity index (χ0) is 18.6. The molecule has 4 fully saturated rings. The van der Waals surface area contributed by atoms with E-state index in [1.165, 1.54) is 0 Å². The fraction of sp³-hybridized carbons (Fsp3) is 0.667. The number of nitriles is 3. The van der Waals surface area contributed by atoms with Crippen LogP contribution in [0.25, 0.3) is 0 Å². The third-order valence-corrected chi connectivity index (χ3v) is 6.14. The number of hydrogen-bond acceptors (Lipinski definition) is 8. The Labute approximate surface area is 151 Å². The summed E-state index contributed by atoms with van der Waals surface area (Å²) >= 11 is 0. The van der Waals surface area contributed by atoms with Crippen molar-refractivity contribution < 1.29 is 18.9 Å². The quantitative estimate of drug-likeness (QED) is 0.709. The predicted molar refractivity (Wildman–Crippen MR) is 84.9 cm³/mol. The summed E-state index contributed by atoms with van der Waals surface area (Å²) < 4.78 is 23.5. The SMILES string of the molecule is CC=CC1OC23CCC4(CC2C(C#N)(C(=N)O3)C1(C#N)C#N)OCCO4. The molecular formula is C18H18N4O4. The Morgan fingerprint density at radius 2 is 1.81 bits per heavy atom. The molecule has 134 valence electrons. The maximum absolute atomic E-state index is 10.2. The second-order valence-corrected chi connectivity index (χ2v) is 7.12. The second-order valence-electron chi connectivity index (χ2n) is 7.12. The van der Waals surface area contributed by atoms with E-state index >= 15 is 0 Å². The highest BCUT2D eigenvalue weighted by Gasteiger charge is 2.81. The van der Waals surface area contributed by atoms with Gasteiger partial charge < -0.3 is 18.9 Å². The molecule has 3 heterocycles. The lowest BCUT2D eigenvalue weighted by molar-refractivity contribution is -0.321. The van der Waals surface area contributed by atoms with E-state index in [9.17, 15) is 15.8 Å². The van der Waals surface area contributed by atoms with E-state index in [1.807, 2.05) is 12.1 Å². The number of ether oxygens (including phenoxy) is 4. The number of hydrogen-bond donors (Lipinski definition) is 1. The van der Waals surface area contributed by atoms with Crippen molar-refractivity contribution in [2.75, 3.05) is 13.2 Å². The van der Waals surface area contributed by atoms with Gasteiger partial charge in [0.2, 0.25) is 17.1 Å². The minimum absolute atomic E-state index is 0.233. The monoisotopic (exact) mass is 354 g/mol. The van der Waals surface area contributed by atoms with Gasteiger partial charge in [-0.05, 0) is 6.92 Å². The van der Waals surface area contributed by atoms with Crippen LogP contribution in [0.1, 0.15) is 26.2 Å².